The molecule has 0 bridgehead atoms. The van der Waals surface area contributed by atoms with Gasteiger partial charge >= 0.3 is 12.1 Å². The molecule has 1 aliphatic rings. The molecule has 1 fully saturated rings. The number of nitrogens with zero attached hydrogens (tertiary/aromatic N) is 1. The summed E-state index contributed by atoms with van der Waals surface area (Å²) in [7, 11) is 0. The van der Waals surface area contributed by atoms with Crippen molar-refractivity contribution >= 4 is 11.9 Å². The van der Waals surface area contributed by atoms with E-state index in [1.807, 2.05) is 0 Å². The van der Waals surface area contributed by atoms with Gasteiger partial charge in [-0.2, -0.15) is 13.2 Å². The van der Waals surface area contributed by atoms with Crippen molar-refractivity contribution in [3.8, 4) is 0 Å². The maximum Gasteiger partial charge on any atom is 0.393 e. The van der Waals surface area contributed by atoms with E-state index in [1.54, 1.807) is 0 Å². The molecule has 7 heteroatoms. The van der Waals surface area contributed by atoms with Crippen LogP contribution in [0.5, 0.6) is 0 Å². The molecule has 92 valence electrons. The van der Waals surface area contributed by atoms with Gasteiger partial charge in [-0.05, 0) is 12.8 Å². The molecule has 1 amide bonds. The Morgan fingerprint density at radius 2 is 1.88 bits per heavy atom. The number of carboxylic acid groups (broad SMARTS) is 1. The standard InChI is InChI=1S/C9H12F3NO3/c1-5(14)13-4-6(9(10,11)12)2-3-7(13)8(15)16/h6-7H,2-4H2,1H3,(H,15,16)/t6-,7-/m1/s1. The lowest BCUT2D eigenvalue weighted by Gasteiger charge is -2.37. The van der Waals surface area contributed by atoms with Gasteiger partial charge in [0.05, 0.1) is 5.92 Å². The monoisotopic (exact) mass is 239 g/mol. The van der Waals surface area contributed by atoms with E-state index in [-0.39, 0.29) is 12.8 Å². The summed E-state index contributed by atoms with van der Waals surface area (Å²) in [5, 5.41) is 8.77. The summed E-state index contributed by atoms with van der Waals surface area (Å²) in [6.07, 6.45) is -4.78. The molecule has 1 aliphatic heterocycles. The van der Waals surface area contributed by atoms with E-state index >= 15 is 0 Å². The predicted octanol–water partition coefficient (Wildman–Crippen LogP) is 1.26. The minimum atomic E-state index is -4.38. The largest absolute Gasteiger partial charge is 0.480 e. The zero-order valence-electron chi connectivity index (χ0n) is 8.62. The molecular weight excluding hydrogens is 227 g/mol. The third kappa shape index (κ3) is 2.65. The highest BCUT2D eigenvalue weighted by molar-refractivity contribution is 5.82. The lowest BCUT2D eigenvalue weighted by molar-refractivity contribution is -0.194. The van der Waals surface area contributed by atoms with E-state index in [9.17, 15) is 22.8 Å². The van der Waals surface area contributed by atoms with Crippen molar-refractivity contribution in [2.45, 2.75) is 32.0 Å². The molecule has 1 rings (SSSR count). The van der Waals surface area contributed by atoms with E-state index in [0.717, 1.165) is 11.8 Å². The summed E-state index contributed by atoms with van der Waals surface area (Å²) in [4.78, 5) is 22.6. The van der Waals surface area contributed by atoms with E-state index in [0.29, 0.717) is 0 Å². The second kappa shape index (κ2) is 4.31. The van der Waals surface area contributed by atoms with Crippen molar-refractivity contribution < 1.29 is 27.9 Å². The van der Waals surface area contributed by atoms with Gasteiger partial charge in [0.1, 0.15) is 6.04 Å². The first-order valence-corrected chi connectivity index (χ1v) is 4.80. The van der Waals surface area contributed by atoms with Gasteiger partial charge in [0.25, 0.3) is 0 Å². The number of alkyl halides is 3. The third-order valence-corrected chi connectivity index (χ3v) is 2.73. The lowest BCUT2D eigenvalue weighted by atomic mass is 9.92. The quantitative estimate of drug-likeness (QED) is 0.749. The van der Waals surface area contributed by atoms with Gasteiger partial charge in [0.2, 0.25) is 5.91 Å². The first-order valence-electron chi connectivity index (χ1n) is 4.80. The zero-order chi connectivity index (χ0) is 12.5. The molecule has 1 saturated heterocycles. The average Bonchev–Trinajstić information content (AvgIpc) is 2.15. The van der Waals surface area contributed by atoms with Crippen LogP contribution in [0.1, 0.15) is 19.8 Å². The van der Waals surface area contributed by atoms with Crippen molar-refractivity contribution in [3.05, 3.63) is 0 Å². The van der Waals surface area contributed by atoms with Crippen LogP contribution in [0.15, 0.2) is 0 Å². The molecule has 0 aromatic heterocycles. The summed E-state index contributed by atoms with van der Waals surface area (Å²) >= 11 is 0. The van der Waals surface area contributed by atoms with Crippen molar-refractivity contribution in [2.75, 3.05) is 6.54 Å². The molecule has 0 spiro atoms. The van der Waals surface area contributed by atoms with Crippen LogP contribution in [0.3, 0.4) is 0 Å². The van der Waals surface area contributed by atoms with Gasteiger partial charge in [-0.25, -0.2) is 4.79 Å². The molecule has 0 radical (unpaired) electrons. The number of carbonyl (C=O) groups is 2. The number of rotatable bonds is 1. The van der Waals surface area contributed by atoms with Gasteiger partial charge in [0, 0.05) is 13.5 Å². The molecule has 0 aromatic rings. The summed E-state index contributed by atoms with van der Waals surface area (Å²) in [5.74, 6) is -3.51. The highest BCUT2D eigenvalue weighted by atomic mass is 19.4. The fourth-order valence-electron chi connectivity index (χ4n) is 1.84. The Balaban J connectivity index is 2.81. The Morgan fingerprint density at radius 3 is 2.25 bits per heavy atom. The van der Waals surface area contributed by atoms with E-state index < -0.39 is 36.6 Å². The van der Waals surface area contributed by atoms with Gasteiger partial charge in [0.15, 0.2) is 0 Å². The first-order chi connectivity index (χ1) is 7.23. The van der Waals surface area contributed by atoms with Crippen LogP contribution >= 0.6 is 0 Å². The highest BCUT2D eigenvalue weighted by Crippen LogP contribution is 2.35. The lowest BCUT2D eigenvalue weighted by Crippen LogP contribution is -2.52. The molecule has 2 atom stereocenters. The molecule has 1 N–H and O–H groups in total. The Labute approximate surface area is 90.0 Å². The smallest absolute Gasteiger partial charge is 0.393 e. The minimum absolute atomic E-state index is 0.154. The SMILES string of the molecule is CC(=O)N1C[C@H](C(F)(F)F)CC[C@@H]1C(=O)O. The molecular formula is C9H12F3NO3. The normalized spacial score (nSPS) is 26.6. The van der Waals surface area contributed by atoms with E-state index in [1.165, 1.54) is 0 Å². The number of aliphatic carboxylic acids is 1. The van der Waals surface area contributed by atoms with Gasteiger partial charge in [-0.15, -0.1) is 0 Å². The van der Waals surface area contributed by atoms with Crippen molar-refractivity contribution in [3.63, 3.8) is 0 Å². The van der Waals surface area contributed by atoms with E-state index in [2.05, 4.69) is 0 Å². The summed E-state index contributed by atoms with van der Waals surface area (Å²) < 4.78 is 37.3. The van der Waals surface area contributed by atoms with Gasteiger partial charge < -0.3 is 10.0 Å². The Bertz CT molecular complexity index is 303. The van der Waals surface area contributed by atoms with Crippen molar-refractivity contribution in [1.82, 2.24) is 4.90 Å². The summed E-state index contributed by atoms with van der Waals surface area (Å²) in [6, 6.07) is -1.13. The number of amides is 1. The van der Waals surface area contributed by atoms with Crippen molar-refractivity contribution in [2.24, 2.45) is 5.92 Å². The fourth-order valence-corrected chi connectivity index (χ4v) is 1.84. The second-order valence-corrected chi connectivity index (χ2v) is 3.84. The fraction of sp³-hybridized carbons (Fsp3) is 0.778. The molecule has 0 aromatic carbocycles. The minimum Gasteiger partial charge on any atom is -0.480 e. The second-order valence-electron chi connectivity index (χ2n) is 3.84. The van der Waals surface area contributed by atoms with Gasteiger partial charge in [-0.3, -0.25) is 4.79 Å². The van der Waals surface area contributed by atoms with Crippen LogP contribution in [0, 0.1) is 5.92 Å². The third-order valence-electron chi connectivity index (χ3n) is 2.73. The molecule has 16 heavy (non-hydrogen) atoms. The van der Waals surface area contributed by atoms with E-state index in [4.69, 9.17) is 5.11 Å². The zero-order valence-corrected chi connectivity index (χ0v) is 8.62. The average molecular weight is 239 g/mol. The van der Waals surface area contributed by atoms with Crippen LogP contribution in [0.4, 0.5) is 13.2 Å². The van der Waals surface area contributed by atoms with Crippen LogP contribution < -0.4 is 0 Å². The maximum absolute atomic E-state index is 12.4. The number of carboxylic acids is 1. The number of hydrogen-bond donors (Lipinski definition) is 1. The Hall–Kier alpha value is -1.27. The topological polar surface area (TPSA) is 57.6 Å². The molecule has 0 unspecified atom stereocenters. The number of carbonyl (C=O) groups excluding carboxylic acids is 1. The Morgan fingerprint density at radius 1 is 1.31 bits per heavy atom. The molecule has 0 saturated carbocycles. The maximum atomic E-state index is 12.4. The predicted molar refractivity (Wildman–Crippen MR) is 47.6 cm³/mol. The van der Waals surface area contributed by atoms with Crippen LogP contribution in [-0.4, -0.2) is 40.6 Å². The number of piperidine rings is 1. The van der Waals surface area contributed by atoms with Crippen LogP contribution in [0.2, 0.25) is 0 Å². The number of likely N-dealkylation sites (tertiary alicyclic amines) is 1. The van der Waals surface area contributed by atoms with Crippen molar-refractivity contribution in [1.29, 1.82) is 0 Å². The molecule has 0 aliphatic carbocycles. The van der Waals surface area contributed by atoms with Crippen LogP contribution in [-0.2, 0) is 9.59 Å². The highest BCUT2D eigenvalue weighted by Gasteiger charge is 2.46. The van der Waals surface area contributed by atoms with Gasteiger partial charge in [-0.1, -0.05) is 0 Å². The summed E-state index contributed by atoms with van der Waals surface area (Å²) in [6.45, 7) is 0.518. The number of hydrogen-bond acceptors (Lipinski definition) is 2. The molecule has 4 nitrogen and oxygen atoms in total. The molecule has 1 heterocycles. The first kappa shape index (κ1) is 12.8. The summed E-state index contributed by atoms with van der Waals surface area (Å²) in [5.41, 5.74) is 0. The Kier molecular flexibility index (Phi) is 3.44. The number of halogens is 3. The van der Waals surface area contributed by atoms with Crippen LogP contribution in [0.25, 0.3) is 0 Å².